The molecule has 2 heteroatoms. The standard InChI is InChI=1S/C14H19NO/c1-5-8-13(9-6-2)15-14(10-7-3)11-12(4)16/h5-11,15-16H,1,4H2,2-3H3/b9-6-,10-7-,13-8+,14-11+. The predicted molar refractivity (Wildman–Crippen MR) is 70.9 cm³/mol. The van der Waals surface area contributed by atoms with Crippen molar-refractivity contribution in [3.05, 3.63) is 72.8 Å². The van der Waals surface area contributed by atoms with E-state index in [2.05, 4.69) is 18.5 Å². The van der Waals surface area contributed by atoms with Gasteiger partial charge >= 0.3 is 0 Å². The SMILES string of the molecule is C=C/C=C(\C=C/C)NC(/C=C\C)=C/C(=C)O. The van der Waals surface area contributed by atoms with E-state index in [-0.39, 0.29) is 5.76 Å². The molecule has 0 spiro atoms. The van der Waals surface area contributed by atoms with Gasteiger partial charge < -0.3 is 10.4 Å². The van der Waals surface area contributed by atoms with Gasteiger partial charge in [-0.15, -0.1) is 0 Å². The zero-order chi connectivity index (χ0) is 12.4. The molecule has 0 bridgehead atoms. The van der Waals surface area contributed by atoms with Crippen molar-refractivity contribution < 1.29 is 5.11 Å². The van der Waals surface area contributed by atoms with Gasteiger partial charge in [0.15, 0.2) is 0 Å². The maximum atomic E-state index is 9.12. The van der Waals surface area contributed by atoms with Crippen LogP contribution >= 0.6 is 0 Å². The highest BCUT2D eigenvalue weighted by atomic mass is 16.3. The zero-order valence-corrected chi connectivity index (χ0v) is 9.90. The lowest BCUT2D eigenvalue weighted by atomic mass is 10.3. The Labute approximate surface area is 97.7 Å². The number of hydrogen-bond acceptors (Lipinski definition) is 2. The molecular weight excluding hydrogens is 198 g/mol. The fourth-order valence-corrected chi connectivity index (χ4v) is 1.10. The average molecular weight is 217 g/mol. The van der Waals surface area contributed by atoms with E-state index in [1.165, 1.54) is 0 Å². The Morgan fingerprint density at radius 1 is 1.12 bits per heavy atom. The largest absolute Gasteiger partial charge is 0.509 e. The van der Waals surface area contributed by atoms with Crippen LogP contribution in [0, 0.1) is 0 Å². The molecule has 0 fully saturated rings. The van der Waals surface area contributed by atoms with Gasteiger partial charge in [-0.2, -0.15) is 0 Å². The van der Waals surface area contributed by atoms with Gasteiger partial charge in [0, 0.05) is 17.5 Å². The first-order valence-corrected chi connectivity index (χ1v) is 5.08. The van der Waals surface area contributed by atoms with Crippen LogP contribution in [-0.4, -0.2) is 5.11 Å². The van der Waals surface area contributed by atoms with Crippen LogP contribution < -0.4 is 5.32 Å². The van der Waals surface area contributed by atoms with Crippen LogP contribution in [0.25, 0.3) is 0 Å². The number of nitrogens with one attached hydrogen (secondary N) is 1. The molecule has 0 atom stereocenters. The minimum absolute atomic E-state index is 0.0130. The van der Waals surface area contributed by atoms with Crippen LogP contribution in [0.3, 0.4) is 0 Å². The van der Waals surface area contributed by atoms with Crippen LogP contribution in [0.5, 0.6) is 0 Å². The quantitative estimate of drug-likeness (QED) is 0.524. The van der Waals surface area contributed by atoms with Gasteiger partial charge in [-0.05, 0) is 32.1 Å². The van der Waals surface area contributed by atoms with Crippen LogP contribution in [0.2, 0.25) is 0 Å². The summed E-state index contributed by atoms with van der Waals surface area (Å²) in [6.07, 6.45) is 12.7. The van der Waals surface area contributed by atoms with E-state index in [4.69, 9.17) is 5.11 Å². The summed E-state index contributed by atoms with van der Waals surface area (Å²) in [4.78, 5) is 0. The second kappa shape index (κ2) is 8.36. The molecule has 0 aliphatic heterocycles. The van der Waals surface area contributed by atoms with Crippen molar-refractivity contribution in [2.75, 3.05) is 0 Å². The molecule has 2 nitrogen and oxygen atoms in total. The summed E-state index contributed by atoms with van der Waals surface area (Å²) in [5.74, 6) is 0.0130. The Bertz CT molecular complexity index is 357. The van der Waals surface area contributed by atoms with E-state index in [1.54, 1.807) is 12.2 Å². The third-order valence-electron chi connectivity index (χ3n) is 1.60. The molecule has 2 N–H and O–H groups in total. The first-order chi connectivity index (χ1) is 7.63. The van der Waals surface area contributed by atoms with E-state index in [9.17, 15) is 0 Å². The highest BCUT2D eigenvalue weighted by molar-refractivity contribution is 5.32. The lowest BCUT2D eigenvalue weighted by Crippen LogP contribution is -2.09. The van der Waals surface area contributed by atoms with E-state index < -0.39 is 0 Å². The second-order valence-corrected chi connectivity index (χ2v) is 3.07. The van der Waals surface area contributed by atoms with Crippen molar-refractivity contribution in [3.8, 4) is 0 Å². The minimum Gasteiger partial charge on any atom is -0.509 e. The fourth-order valence-electron chi connectivity index (χ4n) is 1.10. The zero-order valence-electron chi connectivity index (χ0n) is 9.90. The average Bonchev–Trinajstić information content (AvgIpc) is 2.17. The van der Waals surface area contributed by atoms with Gasteiger partial charge in [-0.1, -0.05) is 31.4 Å². The van der Waals surface area contributed by atoms with E-state index in [1.807, 2.05) is 44.2 Å². The van der Waals surface area contributed by atoms with E-state index in [0.29, 0.717) is 0 Å². The molecule has 0 aromatic heterocycles. The third-order valence-corrected chi connectivity index (χ3v) is 1.60. The highest BCUT2D eigenvalue weighted by Crippen LogP contribution is 2.03. The van der Waals surface area contributed by atoms with Crippen LogP contribution in [-0.2, 0) is 0 Å². The Morgan fingerprint density at radius 3 is 2.12 bits per heavy atom. The second-order valence-electron chi connectivity index (χ2n) is 3.07. The maximum Gasteiger partial charge on any atom is 0.110 e. The van der Waals surface area contributed by atoms with Gasteiger partial charge in [-0.3, -0.25) is 0 Å². The summed E-state index contributed by atoms with van der Waals surface area (Å²) in [7, 11) is 0. The molecule has 0 aliphatic carbocycles. The van der Waals surface area contributed by atoms with Crippen LogP contribution in [0.4, 0.5) is 0 Å². The third kappa shape index (κ3) is 6.49. The Morgan fingerprint density at radius 2 is 1.69 bits per heavy atom. The van der Waals surface area contributed by atoms with Crippen LogP contribution in [0.15, 0.2) is 72.8 Å². The molecule has 16 heavy (non-hydrogen) atoms. The Balaban J connectivity index is 4.92. The molecule has 0 aromatic carbocycles. The van der Waals surface area contributed by atoms with Crippen molar-refractivity contribution in [3.63, 3.8) is 0 Å². The number of rotatable bonds is 6. The topological polar surface area (TPSA) is 32.3 Å². The van der Waals surface area contributed by atoms with Gasteiger partial charge in [0.2, 0.25) is 0 Å². The van der Waals surface area contributed by atoms with Crippen molar-refractivity contribution in [2.45, 2.75) is 13.8 Å². The lowest BCUT2D eigenvalue weighted by Gasteiger charge is -2.07. The summed E-state index contributed by atoms with van der Waals surface area (Å²) in [5.41, 5.74) is 1.66. The molecule has 0 rings (SSSR count). The first kappa shape index (κ1) is 14.0. The molecule has 0 saturated heterocycles. The lowest BCUT2D eigenvalue weighted by molar-refractivity contribution is 0.434. The maximum absolute atomic E-state index is 9.12. The van der Waals surface area contributed by atoms with Gasteiger partial charge in [-0.25, -0.2) is 0 Å². The highest BCUT2D eigenvalue weighted by Gasteiger charge is 1.94. The number of allylic oxidation sites excluding steroid dienone is 7. The van der Waals surface area contributed by atoms with Crippen molar-refractivity contribution >= 4 is 0 Å². The summed E-state index contributed by atoms with van der Waals surface area (Å²) in [6.45, 7) is 10.9. The molecule has 0 aromatic rings. The molecule has 0 unspecified atom stereocenters. The molecule has 0 radical (unpaired) electrons. The fraction of sp³-hybridized carbons (Fsp3) is 0.143. The summed E-state index contributed by atoms with van der Waals surface area (Å²) >= 11 is 0. The molecular formula is C14H19NO. The predicted octanol–water partition coefficient (Wildman–Crippen LogP) is 3.75. The number of aliphatic hydroxyl groups excluding tert-OH is 1. The van der Waals surface area contributed by atoms with E-state index in [0.717, 1.165) is 11.4 Å². The Kier molecular flexibility index (Phi) is 7.33. The number of aliphatic hydroxyl groups is 1. The van der Waals surface area contributed by atoms with Gasteiger partial charge in [0.05, 0.1) is 0 Å². The summed E-state index contributed by atoms with van der Waals surface area (Å²) in [6, 6.07) is 0. The van der Waals surface area contributed by atoms with Gasteiger partial charge in [0.25, 0.3) is 0 Å². The van der Waals surface area contributed by atoms with E-state index >= 15 is 0 Å². The van der Waals surface area contributed by atoms with Crippen molar-refractivity contribution in [2.24, 2.45) is 0 Å². The molecule has 0 amide bonds. The van der Waals surface area contributed by atoms with Crippen molar-refractivity contribution in [1.82, 2.24) is 5.32 Å². The molecule has 0 aliphatic rings. The van der Waals surface area contributed by atoms with Crippen molar-refractivity contribution in [1.29, 1.82) is 0 Å². The monoisotopic (exact) mass is 217 g/mol. The summed E-state index contributed by atoms with van der Waals surface area (Å²) in [5, 5.41) is 12.3. The normalized spacial score (nSPS) is 13.4. The molecule has 0 saturated carbocycles. The smallest absolute Gasteiger partial charge is 0.110 e. The van der Waals surface area contributed by atoms with Gasteiger partial charge in [0.1, 0.15) is 5.76 Å². The minimum atomic E-state index is 0.0130. The molecule has 0 heterocycles. The number of hydrogen-bond donors (Lipinski definition) is 2. The van der Waals surface area contributed by atoms with Crippen LogP contribution in [0.1, 0.15) is 13.8 Å². The summed E-state index contributed by atoms with van der Waals surface area (Å²) < 4.78 is 0. The molecule has 86 valence electrons. The first-order valence-electron chi connectivity index (χ1n) is 5.08. The Hall–Kier alpha value is -1.96.